The molecule has 3 rings (SSSR count). The zero-order valence-electron chi connectivity index (χ0n) is 10.2. The molecule has 0 bridgehead atoms. The van der Waals surface area contributed by atoms with Gasteiger partial charge in [0.2, 0.25) is 0 Å². The smallest absolute Gasteiger partial charge is 0.123 e. The van der Waals surface area contributed by atoms with Crippen LogP contribution in [0.3, 0.4) is 0 Å². The van der Waals surface area contributed by atoms with Crippen molar-refractivity contribution in [3.05, 3.63) is 59.7 Å². The number of rotatable bonds is 3. The summed E-state index contributed by atoms with van der Waals surface area (Å²) in [7, 11) is 0. The molecule has 2 nitrogen and oxygen atoms in total. The maximum absolute atomic E-state index is 9.44. The van der Waals surface area contributed by atoms with Gasteiger partial charge >= 0.3 is 0 Å². The Kier molecular flexibility index (Phi) is 2.93. The molecule has 0 fully saturated rings. The van der Waals surface area contributed by atoms with E-state index in [0.29, 0.717) is 5.75 Å². The predicted octanol–water partition coefficient (Wildman–Crippen LogP) is 3.33. The third-order valence-electron chi connectivity index (χ3n) is 3.38. The highest BCUT2D eigenvalue weighted by molar-refractivity contribution is 5.42. The Balaban J connectivity index is 1.61. The second-order valence-corrected chi connectivity index (χ2v) is 4.76. The maximum Gasteiger partial charge on any atom is 0.123 e. The zero-order valence-corrected chi connectivity index (χ0v) is 10.2. The molecule has 0 aliphatic carbocycles. The van der Waals surface area contributed by atoms with Gasteiger partial charge in [-0.15, -0.1) is 0 Å². The van der Waals surface area contributed by atoms with Crippen molar-refractivity contribution in [1.82, 2.24) is 0 Å². The normalized spacial score (nSPS) is 17.2. The molecule has 1 aliphatic heterocycles. The lowest BCUT2D eigenvalue weighted by molar-refractivity contribution is 0.222. The highest BCUT2D eigenvalue weighted by Gasteiger charge is 2.22. The second kappa shape index (κ2) is 4.73. The first kappa shape index (κ1) is 11.1. The fourth-order valence-electron chi connectivity index (χ4n) is 2.44. The zero-order chi connectivity index (χ0) is 12.4. The first-order valence-corrected chi connectivity index (χ1v) is 6.34. The maximum atomic E-state index is 9.44. The van der Waals surface area contributed by atoms with Crippen LogP contribution in [0.25, 0.3) is 0 Å². The molecule has 0 aromatic heterocycles. The van der Waals surface area contributed by atoms with Gasteiger partial charge in [-0.05, 0) is 36.6 Å². The minimum atomic E-state index is 0.238. The third kappa shape index (κ3) is 2.33. The summed E-state index contributed by atoms with van der Waals surface area (Å²) in [6.07, 6.45) is 3.18. The van der Waals surface area contributed by atoms with E-state index in [4.69, 9.17) is 4.74 Å². The van der Waals surface area contributed by atoms with Gasteiger partial charge in [-0.1, -0.05) is 30.3 Å². The molecule has 2 aromatic rings. The molecular formula is C16H16O2. The van der Waals surface area contributed by atoms with Gasteiger partial charge in [0.05, 0.1) is 0 Å². The molecule has 0 unspecified atom stereocenters. The van der Waals surface area contributed by atoms with Gasteiger partial charge in [-0.2, -0.15) is 0 Å². The van der Waals surface area contributed by atoms with Gasteiger partial charge in [-0.25, -0.2) is 0 Å². The van der Waals surface area contributed by atoms with E-state index in [9.17, 15) is 5.11 Å². The van der Waals surface area contributed by atoms with Gasteiger partial charge in [0.15, 0.2) is 0 Å². The Labute approximate surface area is 107 Å². The van der Waals surface area contributed by atoms with Gasteiger partial charge in [0.1, 0.15) is 17.6 Å². The number of ether oxygens (including phenoxy) is 1. The largest absolute Gasteiger partial charge is 0.508 e. The van der Waals surface area contributed by atoms with E-state index in [1.165, 1.54) is 5.56 Å². The summed E-state index contributed by atoms with van der Waals surface area (Å²) >= 11 is 0. The summed E-state index contributed by atoms with van der Waals surface area (Å²) in [6, 6.07) is 15.8. The number of hydrogen-bond acceptors (Lipinski definition) is 2. The first-order chi connectivity index (χ1) is 8.81. The molecule has 0 amide bonds. The monoisotopic (exact) mass is 240 g/mol. The Hall–Kier alpha value is -1.96. The van der Waals surface area contributed by atoms with E-state index < -0.39 is 0 Å². The van der Waals surface area contributed by atoms with Crippen LogP contribution in [-0.2, 0) is 12.8 Å². The standard InChI is InChI=1S/C16H16O2/c17-14-7-9-16-13(10-14)11-15(18-16)8-6-12-4-2-1-3-5-12/h1-5,7,9-10,15,17H,6,8,11H2/t15-/m0/s1. The van der Waals surface area contributed by atoms with Crippen LogP contribution in [0, 0.1) is 0 Å². The fraction of sp³-hybridized carbons (Fsp3) is 0.250. The molecule has 1 heterocycles. The van der Waals surface area contributed by atoms with Crippen LogP contribution in [0.5, 0.6) is 11.5 Å². The SMILES string of the molecule is Oc1ccc2c(c1)C[C@H](CCc1ccccc1)O2. The van der Waals surface area contributed by atoms with E-state index in [1.807, 2.05) is 12.1 Å². The molecule has 2 heteroatoms. The molecule has 0 saturated heterocycles. The lowest BCUT2D eigenvalue weighted by atomic mass is 10.0. The Bertz CT molecular complexity index is 534. The number of aryl methyl sites for hydroxylation is 1. The molecule has 1 N–H and O–H groups in total. The summed E-state index contributed by atoms with van der Waals surface area (Å²) in [5.41, 5.74) is 2.47. The molecule has 0 spiro atoms. The van der Waals surface area contributed by atoms with Crippen molar-refractivity contribution in [2.45, 2.75) is 25.4 Å². The first-order valence-electron chi connectivity index (χ1n) is 6.34. The average molecular weight is 240 g/mol. The molecule has 0 radical (unpaired) electrons. The minimum Gasteiger partial charge on any atom is -0.508 e. The van der Waals surface area contributed by atoms with Crippen LogP contribution >= 0.6 is 0 Å². The minimum absolute atomic E-state index is 0.238. The van der Waals surface area contributed by atoms with E-state index in [2.05, 4.69) is 24.3 Å². The van der Waals surface area contributed by atoms with Crippen molar-refractivity contribution in [1.29, 1.82) is 0 Å². The number of hydrogen-bond donors (Lipinski definition) is 1. The van der Waals surface area contributed by atoms with Crippen molar-refractivity contribution in [3.63, 3.8) is 0 Å². The highest BCUT2D eigenvalue weighted by atomic mass is 16.5. The number of phenolic OH excluding ortho intramolecular Hbond substituents is 1. The molecule has 1 aliphatic rings. The summed E-state index contributed by atoms with van der Waals surface area (Å²) in [4.78, 5) is 0. The Morgan fingerprint density at radius 2 is 1.94 bits per heavy atom. The van der Waals surface area contributed by atoms with Crippen LogP contribution in [0.1, 0.15) is 17.5 Å². The molecular weight excluding hydrogens is 224 g/mol. The molecule has 1 atom stereocenters. The highest BCUT2D eigenvalue weighted by Crippen LogP contribution is 2.32. The number of aromatic hydroxyl groups is 1. The quantitative estimate of drug-likeness (QED) is 0.891. The van der Waals surface area contributed by atoms with Gasteiger partial charge < -0.3 is 9.84 Å². The average Bonchev–Trinajstić information content (AvgIpc) is 2.79. The number of fused-ring (bicyclic) bond motifs is 1. The third-order valence-corrected chi connectivity index (χ3v) is 3.38. The van der Waals surface area contributed by atoms with E-state index in [0.717, 1.165) is 30.6 Å². The van der Waals surface area contributed by atoms with Crippen molar-refractivity contribution in [3.8, 4) is 11.5 Å². The summed E-state index contributed by atoms with van der Waals surface area (Å²) in [6.45, 7) is 0. The van der Waals surface area contributed by atoms with Gasteiger partial charge in [0.25, 0.3) is 0 Å². The number of benzene rings is 2. The molecule has 0 saturated carbocycles. The van der Waals surface area contributed by atoms with Crippen molar-refractivity contribution >= 4 is 0 Å². The topological polar surface area (TPSA) is 29.5 Å². The number of phenols is 1. The van der Waals surface area contributed by atoms with Crippen molar-refractivity contribution in [2.24, 2.45) is 0 Å². The summed E-state index contributed by atoms with van der Waals surface area (Å²) < 4.78 is 5.87. The fourth-order valence-corrected chi connectivity index (χ4v) is 2.44. The molecule has 92 valence electrons. The van der Waals surface area contributed by atoms with Crippen LogP contribution < -0.4 is 4.74 Å². The molecule has 18 heavy (non-hydrogen) atoms. The van der Waals surface area contributed by atoms with Gasteiger partial charge in [0, 0.05) is 12.0 Å². The van der Waals surface area contributed by atoms with E-state index >= 15 is 0 Å². The molecule has 2 aromatic carbocycles. The van der Waals surface area contributed by atoms with Crippen molar-refractivity contribution in [2.75, 3.05) is 0 Å². The van der Waals surface area contributed by atoms with E-state index in [1.54, 1.807) is 12.1 Å². The lowest BCUT2D eigenvalue weighted by Gasteiger charge is -2.10. The van der Waals surface area contributed by atoms with E-state index in [-0.39, 0.29) is 6.10 Å². The lowest BCUT2D eigenvalue weighted by Crippen LogP contribution is -2.13. The second-order valence-electron chi connectivity index (χ2n) is 4.76. The van der Waals surface area contributed by atoms with Crippen molar-refractivity contribution < 1.29 is 9.84 Å². The van der Waals surface area contributed by atoms with Crippen LogP contribution in [0.2, 0.25) is 0 Å². The van der Waals surface area contributed by atoms with Crippen LogP contribution in [0.15, 0.2) is 48.5 Å². The Morgan fingerprint density at radius 3 is 2.78 bits per heavy atom. The Morgan fingerprint density at radius 1 is 1.11 bits per heavy atom. The summed E-state index contributed by atoms with van der Waals surface area (Å²) in [5.74, 6) is 1.24. The van der Waals surface area contributed by atoms with Crippen LogP contribution in [0.4, 0.5) is 0 Å². The summed E-state index contributed by atoms with van der Waals surface area (Å²) in [5, 5.41) is 9.44. The van der Waals surface area contributed by atoms with Gasteiger partial charge in [-0.3, -0.25) is 0 Å². The predicted molar refractivity (Wildman–Crippen MR) is 71.0 cm³/mol. The van der Waals surface area contributed by atoms with Crippen LogP contribution in [-0.4, -0.2) is 11.2 Å².